The van der Waals surface area contributed by atoms with Crippen LogP contribution >= 0.6 is 11.3 Å². The topological polar surface area (TPSA) is 97.4 Å². The number of aromatic nitrogens is 1. The molecule has 1 heterocycles. The van der Waals surface area contributed by atoms with Gasteiger partial charge in [-0.05, 0) is 29.8 Å². The largest absolute Gasteiger partial charge is 0.484 e. The van der Waals surface area contributed by atoms with Gasteiger partial charge in [0.2, 0.25) is 15.9 Å². The number of alkyl halides is 3. The fourth-order valence-electron chi connectivity index (χ4n) is 2.48. The Bertz CT molecular complexity index is 1210. The number of amides is 1. The van der Waals surface area contributed by atoms with Gasteiger partial charge in [-0.2, -0.15) is 13.2 Å². The van der Waals surface area contributed by atoms with E-state index in [0.717, 1.165) is 22.3 Å². The molecule has 0 bridgehead atoms. The summed E-state index contributed by atoms with van der Waals surface area (Å²) >= 11 is 1.06. The Kier molecular flexibility index (Phi) is 7.48. The Balaban J connectivity index is 1.50. The number of halogens is 3. The van der Waals surface area contributed by atoms with Crippen LogP contribution in [0.4, 0.5) is 18.3 Å². The lowest BCUT2D eigenvalue weighted by Crippen LogP contribution is -2.26. The van der Waals surface area contributed by atoms with Gasteiger partial charge in [0.15, 0.2) is 11.7 Å². The van der Waals surface area contributed by atoms with Crippen LogP contribution in [-0.4, -0.2) is 38.6 Å². The molecular weight excluding hydrogens is 467 g/mol. The zero-order valence-electron chi connectivity index (χ0n) is 16.4. The molecule has 32 heavy (non-hydrogen) atoms. The lowest BCUT2D eigenvalue weighted by atomic mass is 10.2. The molecule has 1 aromatic heterocycles. The van der Waals surface area contributed by atoms with Crippen molar-refractivity contribution >= 4 is 48.7 Å². The number of nitrogens with one attached hydrogen (secondary N) is 2. The number of benzene rings is 2. The van der Waals surface area contributed by atoms with E-state index in [0.29, 0.717) is 10.2 Å². The van der Waals surface area contributed by atoms with Gasteiger partial charge in [-0.3, -0.25) is 4.79 Å². The predicted molar refractivity (Wildman–Crippen MR) is 117 cm³/mol. The van der Waals surface area contributed by atoms with Crippen LogP contribution in [0.2, 0.25) is 0 Å². The monoisotopic (exact) mass is 485 g/mol. The summed E-state index contributed by atoms with van der Waals surface area (Å²) in [5, 5.41) is 3.81. The summed E-state index contributed by atoms with van der Waals surface area (Å²) in [7, 11) is -3.71. The molecule has 2 aromatic carbocycles. The van der Waals surface area contributed by atoms with E-state index >= 15 is 0 Å². The lowest BCUT2D eigenvalue weighted by Gasteiger charge is -2.08. The van der Waals surface area contributed by atoms with E-state index in [1.54, 1.807) is 24.3 Å². The molecule has 0 radical (unpaired) electrons. The average molecular weight is 486 g/mol. The number of hydrogen-bond donors (Lipinski definition) is 2. The molecule has 2 N–H and O–H groups in total. The Morgan fingerprint density at radius 1 is 1.16 bits per heavy atom. The summed E-state index contributed by atoms with van der Waals surface area (Å²) in [6.07, 6.45) is -3.13. The van der Waals surface area contributed by atoms with Gasteiger partial charge < -0.3 is 10.1 Å². The molecule has 3 rings (SSSR count). The highest BCUT2D eigenvalue weighted by Gasteiger charge is 2.28. The van der Waals surface area contributed by atoms with Crippen LogP contribution in [0.15, 0.2) is 53.9 Å². The van der Waals surface area contributed by atoms with Gasteiger partial charge in [0.25, 0.3) is 0 Å². The zero-order chi connectivity index (χ0) is 23.2. The highest BCUT2D eigenvalue weighted by molar-refractivity contribution is 7.92. The number of thiazole rings is 1. The molecule has 1 amide bonds. The molecule has 0 unspecified atom stereocenters. The van der Waals surface area contributed by atoms with E-state index in [-0.39, 0.29) is 23.8 Å². The number of hydrogen-bond acceptors (Lipinski definition) is 6. The third kappa shape index (κ3) is 7.62. The molecule has 170 valence electrons. The van der Waals surface area contributed by atoms with Crippen molar-refractivity contribution in [3.05, 3.63) is 59.5 Å². The van der Waals surface area contributed by atoms with Crippen molar-refractivity contribution in [2.24, 2.45) is 0 Å². The number of carbonyl (C=O) groups excluding carboxylic acids is 1. The zero-order valence-corrected chi connectivity index (χ0v) is 18.1. The Morgan fingerprint density at radius 3 is 2.62 bits per heavy atom. The van der Waals surface area contributed by atoms with Gasteiger partial charge in [-0.1, -0.05) is 41.7 Å². The maximum absolute atomic E-state index is 12.3. The van der Waals surface area contributed by atoms with Crippen LogP contribution in [0, 0.1) is 0 Å². The first-order chi connectivity index (χ1) is 15.1. The van der Waals surface area contributed by atoms with Crippen LogP contribution in [0.3, 0.4) is 0 Å². The summed E-state index contributed by atoms with van der Waals surface area (Å²) in [5.41, 5.74) is 1.20. The van der Waals surface area contributed by atoms with E-state index in [1.807, 2.05) is 6.07 Å². The quantitative estimate of drug-likeness (QED) is 0.475. The van der Waals surface area contributed by atoms with Gasteiger partial charge >= 0.3 is 6.18 Å². The van der Waals surface area contributed by atoms with E-state index in [2.05, 4.69) is 15.0 Å². The molecule has 0 spiro atoms. The number of ether oxygens (including phenoxy) is 1. The standard InChI is InChI=1S/C20H18F3N3O4S2/c21-20(22,23)13-30-15-6-7-16-17(12-15)31-19(25-16)26-18(27)8-10-24-32(28,29)11-9-14-4-2-1-3-5-14/h1-7,9,11-12,24H,8,10,13H2,(H,25,26,27)/b11-9+. The highest BCUT2D eigenvalue weighted by atomic mass is 32.2. The van der Waals surface area contributed by atoms with Crippen molar-refractivity contribution in [2.75, 3.05) is 18.5 Å². The van der Waals surface area contributed by atoms with Crippen molar-refractivity contribution in [1.29, 1.82) is 0 Å². The molecule has 0 aliphatic rings. The van der Waals surface area contributed by atoms with Crippen LogP contribution in [0.1, 0.15) is 12.0 Å². The Morgan fingerprint density at radius 2 is 1.91 bits per heavy atom. The predicted octanol–water partition coefficient (Wildman–Crippen LogP) is 4.16. The number of rotatable bonds is 9. The second kappa shape index (κ2) is 10.1. The summed E-state index contributed by atoms with van der Waals surface area (Å²) in [5.74, 6) is -0.429. The van der Waals surface area contributed by atoms with Crippen LogP contribution in [0.5, 0.6) is 5.75 Å². The van der Waals surface area contributed by atoms with E-state index in [9.17, 15) is 26.4 Å². The van der Waals surface area contributed by atoms with Crippen molar-refractivity contribution in [2.45, 2.75) is 12.6 Å². The maximum atomic E-state index is 12.3. The first-order valence-corrected chi connectivity index (χ1v) is 11.6. The molecule has 0 atom stereocenters. The van der Waals surface area contributed by atoms with Gasteiger partial charge in [0.05, 0.1) is 10.2 Å². The number of sulfonamides is 1. The number of nitrogens with zero attached hydrogens (tertiary/aromatic N) is 1. The van der Waals surface area contributed by atoms with Gasteiger partial charge in [0, 0.05) is 18.4 Å². The molecular formula is C20H18F3N3O4S2. The van der Waals surface area contributed by atoms with Crippen molar-refractivity contribution < 1.29 is 31.1 Å². The molecule has 7 nitrogen and oxygen atoms in total. The van der Waals surface area contributed by atoms with Crippen LogP contribution in [-0.2, 0) is 14.8 Å². The molecule has 0 aliphatic carbocycles. The molecule has 0 saturated carbocycles. The molecule has 12 heteroatoms. The van der Waals surface area contributed by atoms with Crippen LogP contribution in [0.25, 0.3) is 16.3 Å². The van der Waals surface area contributed by atoms with Gasteiger partial charge in [-0.15, -0.1) is 0 Å². The third-order valence-electron chi connectivity index (χ3n) is 3.90. The molecule has 0 saturated heterocycles. The summed E-state index contributed by atoms with van der Waals surface area (Å²) in [4.78, 5) is 16.3. The number of carbonyl (C=O) groups is 1. The average Bonchev–Trinajstić information content (AvgIpc) is 3.12. The second-order valence-corrected chi connectivity index (χ2v) is 9.18. The first kappa shape index (κ1) is 23.7. The summed E-state index contributed by atoms with van der Waals surface area (Å²) in [6, 6.07) is 13.1. The number of fused-ring (bicyclic) bond motifs is 1. The number of anilines is 1. The lowest BCUT2D eigenvalue weighted by molar-refractivity contribution is -0.153. The first-order valence-electron chi connectivity index (χ1n) is 9.22. The van der Waals surface area contributed by atoms with Crippen molar-refractivity contribution in [1.82, 2.24) is 9.71 Å². The SMILES string of the molecule is O=C(CCNS(=O)(=O)/C=C/c1ccccc1)Nc1nc2ccc(OCC(F)(F)F)cc2s1. The fraction of sp³-hybridized carbons (Fsp3) is 0.200. The highest BCUT2D eigenvalue weighted by Crippen LogP contribution is 2.30. The minimum atomic E-state index is -4.44. The molecule has 0 fully saturated rings. The smallest absolute Gasteiger partial charge is 0.422 e. The normalized spacial score (nSPS) is 12.3. The van der Waals surface area contributed by atoms with Crippen molar-refractivity contribution in [3.63, 3.8) is 0 Å². The van der Waals surface area contributed by atoms with Gasteiger partial charge in [-0.25, -0.2) is 18.1 Å². The van der Waals surface area contributed by atoms with Crippen molar-refractivity contribution in [3.8, 4) is 5.75 Å². The molecule has 3 aromatic rings. The summed E-state index contributed by atoms with van der Waals surface area (Å²) < 4.78 is 68.3. The van der Waals surface area contributed by atoms with Crippen LogP contribution < -0.4 is 14.8 Å². The summed E-state index contributed by atoms with van der Waals surface area (Å²) in [6.45, 7) is -1.52. The minimum Gasteiger partial charge on any atom is -0.484 e. The molecule has 0 aliphatic heterocycles. The van der Waals surface area contributed by atoms with E-state index < -0.39 is 28.7 Å². The Hall–Kier alpha value is -2.96. The maximum Gasteiger partial charge on any atom is 0.422 e. The fourth-order valence-corrected chi connectivity index (χ4v) is 4.21. The minimum absolute atomic E-state index is 0.0364. The third-order valence-corrected chi connectivity index (χ3v) is 5.94. The van der Waals surface area contributed by atoms with E-state index in [1.165, 1.54) is 24.3 Å². The van der Waals surface area contributed by atoms with Gasteiger partial charge in [0.1, 0.15) is 5.75 Å². The second-order valence-electron chi connectivity index (χ2n) is 6.50. The Labute approximate surface area is 186 Å². The van der Waals surface area contributed by atoms with E-state index in [4.69, 9.17) is 4.74 Å².